The lowest BCUT2D eigenvalue weighted by atomic mass is 9.78. The van der Waals surface area contributed by atoms with Crippen LogP contribution >= 0.6 is 0 Å². The second kappa shape index (κ2) is 9.38. The number of nitrogens with zero attached hydrogens (tertiary/aromatic N) is 1. The van der Waals surface area contributed by atoms with Gasteiger partial charge in [-0.05, 0) is 45.7 Å². The molecule has 0 amide bonds. The number of carbonyl (C=O) groups is 1. The fraction of sp³-hybridized carbons (Fsp3) is 0.938. The number of hydrogen-bond donors (Lipinski definition) is 1. The predicted molar refractivity (Wildman–Crippen MR) is 84.4 cm³/mol. The van der Waals surface area contributed by atoms with Gasteiger partial charge in [0.15, 0.2) is 0 Å². The van der Waals surface area contributed by atoms with E-state index in [4.69, 9.17) is 9.47 Å². The highest BCUT2D eigenvalue weighted by Crippen LogP contribution is 2.32. The third-order valence-corrected chi connectivity index (χ3v) is 4.47. The normalized spacial score (nSPS) is 26.0. The Morgan fingerprint density at radius 1 is 1.38 bits per heavy atom. The minimum atomic E-state index is -0.508. The molecule has 1 aliphatic rings. The van der Waals surface area contributed by atoms with Gasteiger partial charge in [0.1, 0.15) is 5.54 Å². The number of rotatable bonds is 9. The molecule has 0 aromatic heterocycles. The molecule has 2 unspecified atom stereocenters. The average Bonchev–Trinajstić information content (AvgIpc) is 2.51. The average molecular weight is 300 g/mol. The maximum Gasteiger partial charge on any atom is 0.326 e. The van der Waals surface area contributed by atoms with Gasteiger partial charge < -0.3 is 14.8 Å². The monoisotopic (exact) mass is 300 g/mol. The summed E-state index contributed by atoms with van der Waals surface area (Å²) >= 11 is 0. The van der Waals surface area contributed by atoms with Crippen molar-refractivity contribution in [2.45, 2.75) is 58.0 Å². The Bertz CT molecular complexity index is 308. The first-order valence-electron chi connectivity index (χ1n) is 8.28. The number of nitrogens with one attached hydrogen (secondary N) is 1. The van der Waals surface area contributed by atoms with E-state index >= 15 is 0 Å². The van der Waals surface area contributed by atoms with E-state index < -0.39 is 5.54 Å². The zero-order valence-electron chi connectivity index (χ0n) is 14.1. The molecule has 0 spiro atoms. The molecule has 2 atom stereocenters. The summed E-state index contributed by atoms with van der Waals surface area (Å²) in [6.07, 6.45) is 3.89. The summed E-state index contributed by atoms with van der Waals surface area (Å²) in [7, 11) is 1.48. The van der Waals surface area contributed by atoms with Crippen LogP contribution in [-0.2, 0) is 14.3 Å². The maximum absolute atomic E-state index is 12.3. The Morgan fingerprint density at radius 2 is 2.14 bits per heavy atom. The second-order valence-electron chi connectivity index (χ2n) is 5.68. The van der Waals surface area contributed by atoms with Crippen molar-refractivity contribution in [1.29, 1.82) is 0 Å². The number of hydrogen-bond acceptors (Lipinski definition) is 5. The molecule has 0 aromatic carbocycles. The van der Waals surface area contributed by atoms with Gasteiger partial charge in [0.25, 0.3) is 0 Å². The molecule has 5 heteroatoms. The van der Waals surface area contributed by atoms with Crippen LogP contribution < -0.4 is 5.32 Å². The first kappa shape index (κ1) is 18.4. The summed E-state index contributed by atoms with van der Waals surface area (Å²) in [5.74, 6) is -0.116. The first-order valence-corrected chi connectivity index (χ1v) is 8.28. The predicted octanol–water partition coefficient (Wildman–Crippen LogP) is 1.81. The third-order valence-electron chi connectivity index (χ3n) is 4.47. The SMILES string of the molecule is CCNC1(C(=O)OC)CCCC(N(CC)CCOCC)C1. The van der Waals surface area contributed by atoms with Crippen molar-refractivity contribution in [2.24, 2.45) is 0 Å². The zero-order valence-corrected chi connectivity index (χ0v) is 14.1. The van der Waals surface area contributed by atoms with Crippen LogP contribution in [0.4, 0.5) is 0 Å². The smallest absolute Gasteiger partial charge is 0.326 e. The van der Waals surface area contributed by atoms with Gasteiger partial charge in [0, 0.05) is 19.2 Å². The molecule has 1 aliphatic carbocycles. The van der Waals surface area contributed by atoms with Crippen LogP contribution in [0.3, 0.4) is 0 Å². The van der Waals surface area contributed by atoms with Gasteiger partial charge in [-0.1, -0.05) is 13.8 Å². The summed E-state index contributed by atoms with van der Waals surface area (Å²) in [5.41, 5.74) is -0.508. The lowest BCUT2D eigenvalue weighted by Gasteiger charge is -2.43. The first-order chi connectivity index (χ1) is 10.1. The Hall–Kier alpha value is -0.650. The number of ether oxygens (including phenoxy) is 2. The lowest BCUT2D eigenvalue weighted by molar-refractivity contribution is -0.151. The van der Waals surface area contributed by atoms with E-state index in [-0.39, 0.29) is 5.97 Å². The third kappa shape index (κ3) is 4.94. The Balaban J connectivity index is 2.72. The standard InChI is InChI=1S/C16H32N2O3/c1-5-17-16(15(19)20-4)10-8-9-14(13-16)18(6-2)11-12-21-7-3/h14,17H,5-13H2,1-4H3. The van der Waals surface area contributed by atoms with Crippen LogP contribution in [0, 0.1) is 0 Å². The molecule has 21 heavy (non-hydrogen) atoms. The quantitative estimate of drug-likeness (QED) is 0.520. The largest absolute Gasteiger partial charge is 0.468 e. The van der Waals surface area contributed by atoms with Crippen molar-refractivity contribution in [3.8, 4) is 0 Å². The Kier molecular flexibility index (Phi) is 8.22. The fourth-order valence-electron chi connectivity index (χ4n) is 3.43. The number of likely N-dealkylation sites (N-methyl/N-ethyl adjacent to an activating group) is 2. The van der Waals surface area contributed by atoms with Gasteiger partial charge in [-0.2, -0.15) is 0 Å². The molecule has 1 fully saturated rings. The molecular formula is C16H32N2O3. The molecule has 0 heterocycles. The van der Waals surface area contributed by atoms with Crippen molar-refractivity contribution in [3.63, 3.8) is 0 Å². The maximum atomic E-state index is 12.3. The molecule has 0 saturated heterocycles. The minimum absolute atomic E-state index is 0.116. The van der Waals surface area contributed by atoms with E-state index in [1.807, 2.05) is 13.8 Å². The van der Waals surface area contributed by atoms with Gasteiger partial charge in [-0.3, -0.25) is 9.69 Å². The molecule has 1 rings (SSSR count). The van der Waals surface area contributed by atoms with Gasteiger partial charge in [0.05, 0.1) is 13.7 Å². The van der Waals surface area contributed by atoms with Crippen molar-refractivity contribution in [2.75, 3.05) is 40.0 Å². The second-order valence-corrected chi connectivity index (χ2v) is 5.68. The van der Waals surface area contributed by atoms with Gasteiger partial charge >= 0.3 is 5.97 Å². The highest BCUT2D eigenvalue weighted by atomic mass is 16.5. The topological polar surface area (TPSA) is 50.8 Å². The number of carbonyl (C=O) groups excluding carboxylic acids is 1. The van der Waals surface area contributed by atoms with E-state index in [0.717, 1.165) is 58.5 Å². The molecule has 0 radical (unpaired) electrons. The minimum Gasteiger partial charge on any atom is -0.468 e. The van der Waals surface area contributed by atoms with Crippen LogP contribution in [0.1, 0.15) is 46.5 Å². The van der Waals surface area contributed by atoms with E-state index in [1.165, 1.54) is 7.11 Å². The number of methoxy groups -OCH3 is 1. The van der Waals surface area contributed by atoms with E-state index in [0.29, 0.717) is 6.04 Å². The molecule has 124 valence electrons. The van der Waals surface area contributed by atoms with Crippen molar-refractivity contribution in [1.82, 2.24) is 10.2 Å². The highest BCUT2D eigenvalue weighted by Gasteiger charge is 2.44. The van der Waals surface area contributed by atoms with Gasteiger partial charge in [0.2, 0.25) is 0 Å². The Morgan fingerprint density at radius 3 is 2.71 bits per heavy atom. The summed E-state index contributed by atoms with van der Waals surface area (Å²) < 4.78 is 10.5. The molecule has 1 saturated carbocycles. The molecular weight excluding hydrogens is 268 g/mol. The van der Waals surface area contributed by atoms with Gasteiger partial charge in [-0.25, -0.2) is 0 Å². The van der Waals surface area contributed by atoms with Crippen molar-refractivity contribution < 1.29 is 14.3 Å². The van der Waals surface area contributed by atoms with Crippen LogP contribution in [0.15, 0.2) is 0 Å². The van der Waals surface area contributed by atoms with E-state index in [9.17, 15) is 4.79 Å². The highest BCUT2D eigenvalue weighted by molar-refractivity contribution is 5.81. The molecule has 5 nitrogen and oxygen atoms in total. The Labute approximate surface area is 129 Å². The van der Waals surface area contributed by atoms with Crippen molar-refractivity contribution >= 4 is 5.97 Å². The molecule has 0 aliphatic heterocycles. The van der Waals surface area contributed by atoms with Crippen LogP contribution in [0.5, 0.6) is 0 Å². The molecule has 0 bridgehead atoms. The van der Waals surface area contributed by atoms with Crippen molar-refractivity contribution in [3.05, 3.63) is 0 Å². The van der Waals surface area contributed by atoms with Crippen LogP contribution in [-0.4, -0.2) is 62.4 Å². The van der Waals surface area contributed by atoms with Gasteiger partial charge in [-0.15, -0.1) is 0 Å². The fourth-order valence-corrected chi connectivity index (χ4v) is 3.43. The van der Waals surface area contributed by atoms with Crippen LogP contribution in [0.2, 0.25) is 0 Å². The number of esters is 1. The lowest BCUT2D eigenvalue weighted by Crippen LogP contribution is -2.59. The summed E-state index contributed by atoms with van der Waals surface area (Å²) in [5, 5.41) is 3.39. The summed E-state index contributed by atoms with van der Waals surface area (Å²) in [6.45, 7) is 10.4. The zero-order chi connectivity index (χ0) is 15.7. The van der Waals surface area contributed by atoms with E-state index in [1.54, 1.807) is 0 Å². The van der Waals surface area contributed by atoms with E-state index in [2.05, 4.69) is 17.1 Å². The van der Waals surface area contributed by atoms with Crippen LogP contribution in [0.25, 0.3) is 0 Å². The summed E-state index contributed by atoms with van der Waals surface area (Å²) in [4.78, 5) is 14.7. The summed E-state index contributed by atoms with van der Waals surface area (Å²) in [6, 6.07) is 0.419. The molecule has 1 N–H and O–H groups in total. The molecule has 0 aromatic rings.